The monoisotopic (exact) mass is 333 g/mol. The van der Waals surface area contributed by atoms with Crippen LogP contribution in [0.15, 0.2) is 4.99 Å². The van der Waals surface area contributed by atoms with Crippen LogP contribution < -0.4 is 11.2 Å². The third-order valence-electron chi connectivity index (χ3n) is 2.64. The zero-order chi connectivity index (χ0) is 11.4. The van der Waals surface area contributed by atoms with Crippen molar-refractivity contribution in [3.63, 3.8) is 0 Å². The van der Waals surface area contributed by atoms with E-state index in [0.717, 1.165) is 15.2 Å². The maximum atomic E-state index is 5.75. The molecule has 7 heteroatoms. The minimum absolute atomic E-state index is 0.000417. The molecule has 0 aliphatic carbocycles. The summed E-state index contributed by atoms with van der Waals surface area (Å²) in [6.07, 6.45) is -0.139. The summed E-state index contributed by atoms with van der Waals surface area (Å²) in [5.74, 6) is 1.65. The molecule has 16 heavy (non-hydrogen) atoms. The highest BCUT2D eigenvalue weighted by molar-refractivity contribution is 14.1. The molecule has 0 bridgehead atoms. The Hall–Kier alpha value is -0.830. The molecule has 1 saturated heterocycles. The van der Waals surface area contributed by atoms with E-state index in [-0.39, 0.29) is 12.3 Å². The van der Waals surface area contributed by atoms with Gasteiger partial charge in [-0.15, -0.1) is 0 Å². The molecule has 0 radical (unpaired) electrons. The van der Waals surface area contributed by atoms with Crippen molar-refractivity contribution in [1.82, 2.24) is 9.66 Å². The van der Waals surface area contributed by atoms with E-state index < -0.39 is 0 Å². The summed E-state index contributed by atoms with van der Waals surface area (Å²) in [7, 11) is 0. The summed E-state index contributed by atoms with van der Waals surface area (Å²) < 4.78 is 8.31. The summed E-state index contributed by atoms with van der Waals surface area (Å²) in [4.78, 5) is 8.73. The van der Waals surface area contributed by atoms with Crippen molar-refractivity contribution in [2.75, 3.05) is 5.43 Å². The number of aromatic nitrogens is 2. The number of epoxide rings is 1. The van der Waals surface area contributed by atoms with Gasteiger partial charge in [0.15, 0.2) is 12.3 Å². The number of nitrogens with one attached hydrogen (secondary N) is 1. The molecule has 86 valence electrons. The average molecular weight is 333 g/mol. The highest BCUT2D eigenvalue weighted by Gasteiger charge is 2.47. The van der Waals surface area contributed by atoms with Crippen LogP contribution in [0.1, 0.15) is 37.4 Å². The van der Waals surface area contributed by atoms with Crippen molar-refractivity contribution >= 4 is 28.6 Å². The summed E-state index contributed by atoms with van der Waals surface area (Å²) >= 11 is 2.22. The molecule has 0 saturated carbocycles. The Morgan fingerprint density at radius 2 is 2.31 bits per heavy atom. The highest BCUT2D eigenvalue weighted by Crippen LogP contribution is 2.43. The molecule has 0 aromatic carbocycles. The molecule has 2 aliphatic heterocycles. The van der Waals surface area contributed by atoms with Gasteiger partial charge in [-0.3, -0.25) is 5.43 Å². The predicted molar refractivity (Wildman–Crippen MR) is 67.6 cm³/mol. The number of hydrogen-bond donors (Lipinski definition) is 2. The number of ether oxygens (including phenoxy) is 1. The van der Waals surface area contributed by atoms with E-state index in [0.29, 0.717) is 11.9 Å². The van der Waals surface area contributed by atoms with E-state index >= 15 is 0 Å². The number of imidazole rings is 1. The first-order valence-electron chi connectivity index (χ1n) is 5.11. The topological polar surface area (TPSA) is 80.8 Å². The smallest absolute Gasteiger partial charge is 0.210 e. The molecule has 2 aliphatic rings. The zero-order valence-electron chi connectivity index (χ0n) is 8.94. The van der Waals surface area contributed by atoms with Crippen LogP contribution in [-0.4, -0.2) is 21.8 Å². The Kier molecular flexibility index (Phi) is 2.15. The van der Waals surface area contributed by atoms with Crippen LogP contribution in [0.2, 0.25) is 0 Å². The van der Waals surface area contributed by atoms with Crippen LogP contribution in [0.4, 0.5) is 0 Å². The Morgan fingerprint density at radius 3 is 3.00 bits per heavy atom. The van der Waals surface area contributed by atoms with Crippen LogP contribution in [0.3, 0.4) is 0 Å². The fourth-order valence-corrected chi connectivity index (χ4v) is 2.65. The van der Waals surface area contributed by atoms with Crippen LogP contribution >= 0.6 is 22.6 Å². The molecule has 3 rings (SSSR count). The van der Waals surface area contributed by atoms with Gasteiger partial charge >= 0.3 is 0 Å². The molecule has 3 heterocycles. The first kappa shape index (κ1) is 10.3. The number of guanidine groups is 1. The lowest BCUT2D eigenvalue weighted by Crippen LogP contribution is -2.32. The Balaban J connectivity index is 2.15. The third kappa shape index (κ3) is 1.41. The van der Waals surface area contributed by atoms with Crippen molar-refractivity contribution in [2.45, 2.75) is 32.1 Å². The van der Waals surface area contributed by atoms with Crippen LogP contribution in [-0.2, 0) is 4.74 Å². The fourth-order valence-electron chi connectivity index (χ4n) is 1.86. The second kappa shape index (κ2) is 3.33. The molecule has 3 N–H and O–H groups in total. The summed E-state index contributed by atoms with van der Waals surface area (Å²) in [5.41, 5.74) is 9.83. The Labute approximate surface area is 106 Å². The van der Waals surface area contributed by atoms with E-state index in [4.69, 9.17) is 10.5 Å². The number of fused-ring (bicyclic) bond motifs is 3. The van der Waals surface area contributed by atoms with Gasteiger partial charge in [0.2, 0.25) is 5.96 Å². The van der Waals surface area contributed by atoms with Gasteiger partial charge < -0.3 is 10.5 Å². The maximum absolute atomic E-state index is 5.75. The summed E-state index contributed by atoms with van der Waals surface area (Å²) in [6.45, 7) is 4.19. The second-order valence-corrected chi connectivity index (χ2v) is 5.23. The molecule has 6 nitrogen and oxygen atoms in total. The van der Waals surface area contributed by atoms with E-state index in [1.54, 1.807) is 0 Å². The molecule has 0 amide bonds. The van der Waals surface area contributed by atoms with E-state index in [9.17, 15) is 0 Å². The lowest BCUT2D eigenvalue weighted by Gasteiger charge is -2.13. The van der Waals surface area contributed by atoms with E-state index in [1.165, 1.54) is 0 Å². The number of halogens is 1. The average Bonchev–Trinajstić information content (AvgIpc) is 2.85. The molecule has 2 unspecified atom stereocenters. The molecule has 0 spiro atoms. The van der Waals surface area contributed by atoms with Gasteiger partial charge in [0, 0.05) is 5.92 Å². The first-order valence-corrected chi connectivity index (χ1v) is 6.19. The number of nitrogens with zero attached hydrogens (tertiary/aromatic N) is 3. The minimum atomic E-state index is -0.140. The molecule has 1 aromatic rings. The van der Waals surface area contributed by atoms with Gasteiger partial charge in [0.25, 0.3) is 0 Å². The molecule has 1 fully saturated rings. The van der Waals surface area contributed by atoms with Crippen LogP contribution in [0.25, 0.3) is 0 Å². The zero-order valence-corrected chi connectivity index (χ0v) is 11.1. The maximum Gasteiger partial charge on any atom is 0.210 e. The van der Waals surface area contributed by atoms with Gasteiger partial charge in [-0.25, -0.2) is 14.7 Å². The van der Waals surface area contributed by atoms with Gasteiger partial charge in [-0.2, -0.15) is 0 Å². The fraction of sp³-hybridized carbons (Fsp3) is 0.556. The third-order valence-corrected chi connectivity index (χ3v) is 3.43. The van der Waals surface area contributed by atoms with Gasteiger partial charge in [0.05, 0.1) is 0 Å². The van der Waals surface area contributed by atoms with E-state index in [1.807, 2.05) is 4.68 Å². The lowest BCUT2D eigenvalue weighted by molar-refractivity contribution is 0.370. The van der Waals surface area contributed by atoms with E-state index in [2.05, 4.69) is 51.8 Å². The number of nitrogens with two attached hydrogens (primary N) is 1. The highest BCUT2D eigenvalue weighted by atomic mass is 127. The first-order chi connectivity index (χ1) is 7.58. The quantitative estimate of drug-likeness (QED) is 0.591. The summed E-state index contributed by atoms with van der Waals surface area (Å²) in [6, 6.07) is 0. The molecular formula is C9H12IN5O. The van der Waals surface area contributed by atoms with Gasteiger partial charge in [-0.1, -0.05) is 13.8 Å². The minimum Gasteiger partial charge on any atom is -0.368 e. The second-order valence-electron chi connectivity index (χ2n) is 4.21. The van der Waals surface area contributed by atoms with Crippen LogP contribution in [0, 0.1) is 3.70 Å². The number of aliphatic imine (C=N–C) groups is 1. The standard InChI is InChI=1S/C9H12IN5O/c1-3(2)7-12-6(10)4-5-8(16-5)13-9(11)14-15(4)7/h3,5,8H,1-2H3,(H3,11,13,14). The SMILES string of the molecule is CC(C)c1nc(I)c2n1NC(N)=NC1OC21. The molecule has 2 atom stereocenters. The Morgan fingerprint density at radius 1 is 1.56 bits per heavy atom. The normalized spacial score (nSPS) is 26.6. The van der Waals surface area contributed by atoms with Crippen molar-refractivity contribution in [1.29, 1.82) is 0 Å². The van der Waals surface area contributed by atoms with Gasteiger partial charge in [-0.05, 0) is 22.6 Å². The van der Waals surface area contributed by atoms with Crippen molar-refractivity contribution in [3.05, 3.63) is 15.2 Å². The predicted octanol–water partition coefficient (Wildman–Crippen LogP) is 0.880. The number of hydrogen-bond acceptors (Lipinski definition) is 5. The van der Waals surface area contributed by atoms with Gasteiger partial charge in [0.1, 0.15) is 15.2 Å². The number of rotatable bonds is 1. The summed E-state index contributed by atoms with van der Waals surface area (Å²) in [5, 5.41) is 0. The Bertz CT molecular complexity index is 480. The van der Waals surface area contributed by atoms with Crippen molar-refractivity contribution in [3.8, 4) is 0 Å². The van der Waals surface area contributed by atoms with Crippen LogP contribution in [0.5, 0.6) is 0 Å². The molecular weight excluding hydrogens is 321 g/mol. The van der Waals surface area contributed by atoms with Crippen molar-refractivity contribution in [2.24, 2.45) is 10.7 Å². The molecule has 1 aromatic heterocycles. The largest absolute Gasteiger partial charge is 0.368 e. The lowest BCUT2D eigenvalue weighted by atomic mass is 10.2. The van der Waals surface area contributed by atoms with Crippen molar-refractivity contribution < 1.29 is 4.74 Å².